The van der Waals surface area contributed by atoms with Crippen LogP contribution in [0.1, 0.15) is 45.9 Å². The molecule has 2 aromatic rings. The van der Waals surface area contributed by atoms with Crippen LogP contribution < -0.4 is 10.9 Å². The van der Waals surface area contributed by atoms with E-state index in [4.69, 9.17) is 9.26 Å². The molecule has 0 aliphatic carbocycles. The molecule has 2 amide bonds. The zero-order valence-corrected chi connectivity index (χ0v) is 18.3. The molecular weight excluding hydrogens is 404 g/mol. The highest BCUT2D eigenvalue weighted by atomic mass is 16.6. The summed E-state index contributed by atoms with van der Waals surface area (Å²) in [6.07, 6.45) is 3.78. The fraction of sp³-hybridized carbons (Fsp3) is 0.600. The molecule has 168 valence electrons. The van der Waals surface area contributed by atoms with Crippen molar-refractivity contribution in [1.82, 2.24) is 29.9 Å². The second kappa shape index (κ2) is 9.27. The summed E-state index contributed by atoms with van der Waals surface area (Å²) in [7, 11) is 0. The highest BCUT2D eigenvalue weighted by Gasteiger charge is 2.25. The Kier molecular flexibility index (Phi) is 6.71. The van der Waals surface area contributed by atoms with Gasteiger partial charge in [-0.1, -0.05) is 5.16 Å². The lowest BCUT2D eigenvalue weighted by atomic mass is 10.0. The summed E-state index contributed by atoms with van der Waals surface area (Å²) in [6, 6.07) is -0.0275. The number of carbonyl (C=O) groups excluding carboxylic acids is 2. The highest BCUT2D eigenvalue weighted by molar-refractivity contribution is 5.76. The van der Waals surface area contributed by atoms with Crippen molar-refractivity contribution >= 4 is 12.0 Å². The number of rotatable bonds is 5. The molecule has 1 N–H and O–H groups in total. The minimum atomic E-state index is -0.548. The number of amides is 2. The summed E-state index contributed by atoms with van der Waals surface area (Å²) < 4.78 is 11.7. The summed E-state index contributed by atoms with van der Waals surface area (Å²) in [4.78, 5) is 47.0. The molecule has 1 fully saturated rings. The third kappa shape index (κ3) is 6.12. The number of ether oxygens (including phenoxy) is 1. The normalized spacial score (nSPS) is 15.0. The van der Waals surface area contributed by atoms with Crippen LogP contribution in [0.4, 0.5) is 4.79 Å². The number of hydrogen-bond donors (Lipinski definition) is 1. The summed E-state index contributed by atoms with van der Waals surface area (Å²) in [5.74, 6) is 0.474. The molecule has 1 aliphatic rings. The van der Waals surface area contributed by atoms with Gasteiger partial charge >= 0.3 is 6.09 Å². The maximum absolute atomic E-state index is 12.6. The van der Waals surface area contributed by atoms with E-state index >= 15 is 0 Å². The van der Waals surface area contributed by atoms with Crippen LogP contribution in [0.15, 0.2) is 21.8 Å². The molecule has 0 saturated carbocycles. The molecule has 0 bridgehead atoms. The molecule has 0 radical (unpaired) electrons. The van der Waals surface area contributed by atoms with Gasteiger partial charge in [-0.25, -0.2) is 9.78 Å². The summed E-state index contributed by atoms with van der Waals surface area (Å²) in [6.45, 7) is 8.37. The topological polar surface area (TPSA) is 132 Å². The number of piperidine rings is 1. The number of aromatic nitrogens is 4. The Bertz CT molecular complexity index is 984. The van der Waals surface area contributed by atoms with Gasteiger partial charge in [-0.3, -0.25) is 14.2 Å². The average molecular weight is 432 g/mol. The molecule has 11 heteroatoms. The van der Waals surface area contributed by atoms with Crippen molar-refractivity contribution in [2.45, 2.75) is 65.1 Å². The summed E-state index contributed by atoms with van der Waals surface area (Å²) >= 11 is 0. The lowest BCUT2D eigenvalue weighted by molar-refractivity contribution is -0.132. The third-order valence-corrected chi connectivity index (χ3v) is 4.79. The number of nitrogens with zero attached hydrogens (tertiary/aromatic N) is 5. The Balaban J connectivity index is 1.50. The van der Waals surface area contributed by atoms with Gasteiger partial charge in [0.05, 0.1) is 6.33 Å². The van der Waals surface area contributed by atoms with E-state index in [2.05, 4.69) is 20.4 Å². The van der Waals surface area contributed by atoms with E-state index in [9.17, 15) is 14.4 Å². The van der Waals surface area contributed by atoms with Gasteiger partial charge in [-0.15, -0.1) is 0 Å². The molecule has 11 nitrogen and oxygen atoms in total. The van der Waals surface area contributed by atoms with Crippen LogP contribution in [-0.4, -0.2) is 61.3 Å². The fourth-order valence-corrected chi connectivity index (χ4v) is 3.28. The molecule has 0 unspecified atom stereocenters. The first-order chi connectivity index (χ1) is 14.6. The number of carbonyl (C=O) groups is 2. The van der Waals surface area contributed by atoms with E-state index in [0.717, 1.165) is 0 Å². The average Bonchev–Trinajstić information content (AvgIpc) is 3.12. The van der Waals surface area contributed by atoms with Gasteiger partial charge in [0.15, 0.2) is 5.82 Å². The van der Waals surface area contributed by atoms with Gasteiger partial charge in [0, 0.05) is 38.3 Å². The number of hydrogen-bond acceptors (Lipinski definition) is 8. The molecule has 2 aromatic heterocycles. The quantitative estimate of drug-likeness (QED) is 0.752. The van der Waals surface area contributed by atoms with Crippen LogP contribution >= 0.6 is 0 Å². The Morgan fingerprint density at radius 2 is 2.00 bits per heavy atom. The molecule has 31 heavy (non-hydrogen) atoms. The predicted octanol–water partition coefficient (Wildman–Crippen LogP) is 1.51. The van der Waals surface area contributed by atoms with E-state index in [1.807, 2.05) is 20.8 Å². The van der Waals surface area contributed by atoms with Crippen LogP contribution in [0, 0.1) is 6.92 Å². The summed E-state index contributed by atoms with van der Waals surface area (Å²) in [5, 5.41) is 6.53. The molecule has 0 atom stereocenters. The fourth-order valence-electron chi connectivity index (χ4n) is 3.28. The van der Waals surface area contributed by atoms with Gasteiger partial charge in [0.25, 0.3) is 11.4 Å². The van der Waals surface area contributed by atoms with Crippen LogP contribution in [0.5, 0.6) is 0 Å². The highest BCUT2D eigenvalue weighted by Crippen LogP contribution is 2.14. The minimum Gasteiger partial charge on any atom is -0.444 e. The molecule has 1 aliphatic heterocycles. The standard InChI is InChI=1S/C20H28N6O5/c1-13-22-17(31-24-13)15-11-21-12-26(18(15)28)10-7-16(27)25-8-5-14(6-9-25)23-19(29)30-20(2,3)4/h11-12,14H,5-10H2,1-4H3,(H,23,29). The monoisotopic (exact) mass is 432 g/mol. The molecule has 3 heterocycles. The lowest BCUT2D eigenvalue weighted by Gasteiger charge is -2.33. The maximum atomic E-state index is 12.6. The Hall–Kier alpha value is -3.24. The van der Waals surface area contributed by atoms with Gasteiger partial charge in [-0.05, 0) is 40.5 Å². The largest absolute Gasteiger partial charge is 0.444 e. The van der Waals surface area contributed by atoms with Crippen LogP contribution in [0.25, 0.3) is 11.5 Å². The van der Waals surface area contributed by atoms with E-state index in [-0.39, 0.29) is 41.9 Å². The van der Waals surface area contributed by atoms with E-state index in [0.29, 0.717) is 31.8 Å². The van der Waals surface area contributed by atoms with E-state index in [1.54, 1.807) is 11.8 Å². The zero-order chi connectivity index (χ0) is 22.6. The Morgan fingerprint density at radius 3 is 2.61 bits per heavy atom. The molecule has 0 aromatic carbocycles. The van der Waals surface area contributed by atoms with Crippen LogP contribution in [0.3, 0.4) is 0 Å². The van der Waals surface area contributed by atoms with Crippen molar-refractivity contribution in [2.24, 2.45) is 0 Å². The minimum absolute atomic E-state index is 0.0275. The molecule has 0 spiro atoms. The van der Waals surface area contributed by atoms with Crippen molar-refractivity contribution in [2.75, 3.05) is 13.1 Å². The predicted molar refractivity (Wildman–Crippen MR) is 110 cm³/mol. The van der Waals surface area contributed by atoms with Crippen molar-refractivity contribution in [1.29, 1.82) is 0 Å². The molecule has 3 rings (SSSR count). The van der Waals surface area contributed by atoms with E-state index in [1.165, 1.54) is 17.1 Å². The van der Waals surface area contributed by atoms with Gasteiger partial charge < -0.3 is 19.5 Å². The zero-order valence-electron chi connectivity index (χ0n) is 18.3. The van der Waals surface area contributed by atoms with Crippen LogP contribution in [-0.2, 0) is 16.1 Å². The van der Waals surface area contributed by atoms with Gasteiger partial charge in [-0.2, -0.15) is 4.98 Å². The first kappa shape index (κ1) is 22.4. The van der Waals surface area contributed by atoms with Crippen molar-refractivity contribution in [3.63, 3.8) is 0 Å². The summed E-state index contributed by atoms with van der Waals surface area (Å²) in [5.41, 5.74) is -0.691. The van der Waals surface area contributed by atoms with Crippen molar-refractivity contribution in [3.8, 4) is 11.5 Å². The van der Waals surface area contributed by atoms with Gasteiger partial charge in [0.1, 0.15) is 11.2 Å². The second-order valence-electron chi connectivity index (χ2n) is 8.50. The number of aryl methyl sites for hydroxylation is 2. The first-order valence-corrected chi connectivity index (χ1v) is 10.2. The van der Waals surface area contributed by atoms with Gasteiger partial charge in [0.2, 0.25) is 5.91 Å². The maximum Gasteiger partial charge on any atom is 0.407 e. The SMILES string of the molecule is Cc1noc(-c2cncn(CCC(=O)N3CCC(NC(=O)OC(C)(C)C)CC3)c2=O)n1. The van der Waals surface area contributed by atoms with Crippen molar-refractivity contribution in [3.05, 3.63) is 28.7 Å². The number of likely N-dealkylation sites (tertiary alicyclic amines) is 1. The van der Waals surface area contributed by atoms with Crippen LogP contribution in [0.2, 0.25) is 0 Å². The second-order valence-corrected chi connectivity index (χ2v) is 8.50. The van der Waals surface area contributed by atoms with E-state index < -0.39 is 11.7 Å². The number of nitrogens with one attached hydrogen (secondary N) is 1. The Morgan fingerprint density at radius 1 is 1.29 bits per heavy atom. The smallest absolute Gasteiger partial charge is 0.407 e. The van der Waals surface area contributed by atoms with Crippen molar-refractivity contribution < 1.29 is 18.8 Å². The first-order valence-electron chi connectivity index (χ1n) is 10.2. The molecular formula is C20H28N6O5. The molecule has 1 saturated heterocycles. The number of alkyl carbamates (subject to hydrolysis) is 1. The third-order valence-electron chi connectivity index (χ3n) is 4.79. The lowest BCUT2D eigenvalue weighted by Crippen LogP contribution is -2.47. The Labute approximate surface area is 179 Å².